The van der Waals surface area contributed by atoms with E-state index in [2.05, 4.69) is 0 Å². The van der Waals surface area contributed by atoms with Gasteiger partial charge >= 0.3 is 6.03 Å². The van der Waals surface area contributed by atoms with Crippen molar-refractivity contribution in [1.29, 1.82) is 0 Å². The molecule has 1 N–H and O–H groups in total. The second-order valence-electron chi connectivity index (χ2n) is 3.46. The summed E-state index contributed by atoms with van der Waals surface area (Å²) in [5.41, 5.74) is 0. The van der Waals surface area contributed by atoms with Gasteiger partial charge in [-0.2, -0.15) is 0 Å². The maximum absolute atomic E-state index is 11.7. The van der Waals surface area contributed by atoms with Gasteiger partial charge in [0.05, 0.1) is 13.1 Å². The first-order valence-electron chi connectivity index (χ1n) is 4.36. The van der Waals surface area contributed by atoms with Gasteiger partial charge in [0.2, 0.25) is 0 Å². The fourth-order valence-electron chi connectivity index (χ4n) is 1.40. The van der Waals surface area contributed by atoms with Crippen LogP contribution in [0.25, 0.3) is 0 Å². The molecule has 0 aromatic heterocycles. The Labute approximate surface area is 102 Å². The van der Waals surface area contributed by atoms with Gasteiger partial charge in [0, 0.05) is 6.04 Å². The molecule has 1 saturated heterocycles. The summed E-state index contributed by atoms with van der Waals surface area (Å²) in [6, 6.07) is -0.00734. The molecule has 0 saturated carbocycles. The molecule has 1 unspecified atom stereocenters. The topological polar surface area (TPSA) is 43.8 Å². The summed E-state index contributed by atoms with van der Waals surface area (Å²) in [7, 11) is 0. The predicted molar refractivity (Wildman–Crippen MR) is 66.6 cm³/mol. The molecular formula is C8H13IN2O2S. The summed E-state index contributed by atoms with van der Waals surface area (Å²) in [6.07, 6.45) is 0. The number of aliphatic hydroxyl groups excluding tert-OH is 1. The molecule has 2 amide bonds. The number of β-amino-alcohol motifs (C(OH)–C–C–N with tert-alkyl or cyclic N) is 1. The Morgan fingerprint density at radius 2 is 2.21 bits per heavy atom. The highest BCUT2D eigenvalue weighted by atomic mass is 127. The quantitative estimate of drug-likeness (QED) is 0.481. The summed E-state index contributed by atoms with van der Waals surface area (Å²) in [6.45, 7) is 4.64. The largest absolute Gasteiger partial charge is 0.381 e. The van der Waals surface area contributed by atoms with Gasteiger partial charge in [0.1, 0.15) is 9.10 Å². The van der Waals surface area contributed by atoms with Crippen LogP contribution >= 0.6 is 34.8 Å². The summed E-state index contributed by atoms with van der Waals surface area (Å²) >= 11 is 6.98. The Morgan fingerprint density at radius 3 is 2.57 bits per heavy atom. The second kappa shape index (κ2) is 4.71. The number of rotatable bonds is 3. The minimum Gasteiger partial charge on any atom is -0.381 e. The fourth-order valence-corrected chi connectivity index (χ4v) is 2.32. The van der Waals surface area contributed by atoms with E-state index in [1.807, 2.05) is 36.4 Å². The standard InChI is InChI=1S/C8H13IN2O2S/c1-5(2)11-7(14)4-10(8(11)13)3-6(9)12/h5-6,12H,3-4H2,1-2H3. The van der Waals surface area contributed by atoms with Crippen LogP contribution < -0.4 is 0 Å². The minimum absolute atomic E-state index is 0.0892. The Bertz CT molecular complexity index is 258. The molecule has 0 aliphatic carbocycles. The van der Waals surface area contributed by atoms with E-state index < -0.39 is 4.11 Å². The maximum Gasteiger partial charge on any atom is 0.325 e. The van der Waals surface area contributed by atoms with Gasteiger partial charge in [0.25, 0.3) is 0 Å². The van der Waals surface area contributed by atoms with Crippen molar-refractivity contribution >= 4 is 45.8 Å². The van der Waals surface area contributed by atoms with Gasteiger partial charge in [-0.05, 0) is 36.4 Å². The SMILES string of the molecule is CC(C)N1C(=O)N(CC(O)I)CC1=S. The van der Waals surface area contributed by atoms with E-state index in [0.29, 0.717) is 18.1 Å². The van der Waals surface area contributed by atoms with Crippen molar-refractivity contribution in [2.24, 2.45) is 0 Å². The van der Waals surface area contributed by atoms with Gasteiger partial charge in [-0.1, -0.05) is 12.2 Å². The van der Waals surface area contributed by atoms with E-state index in [1.54, 1.807) is 9.80 Å². The van der Waals surface area contributed by atoms with Crippen LogP contribution in [0.3, 0.4) is 0 Å². The van der Waals surface area contributed by atoms with E-state index in [4.69, 9.17) is 12.2 Å². The molecule has 4 nitrogen and oxygen atoms in total. The third-order valence-corrected chi connectivity index (χ3v) is 2.68. The van der Waals surface area contributed by atoms with E-state index in [-0.39, 0.29) is 12.1 Å². The maximum atomic E-state index is 11.7. The summed E-state index contributed by atoms with van der Waals surface area (Å²) in [4.78, 5) is 15.5. The van der Waals surface area contributed by atoms with Gasteiger partial charge in [0.15, 0.2) is 0 Å². The van der Waals surface area contributed by atoms with Crippen LogP contribution in [0, 0.1) is 0 Å². The smallest absolute Gasteiger partial charge is 0.325 e. The number of thiocarbonyl (C=S) groups is 1. The zero-order valence-corrected chi connectivity index (χ0v) is 11.1. The van der Waals surface area contributed by atoms with Crippen LogP contribution in [0.5, 0.6) is 0 Å². The molecular weight excluding hydrogens is 315 g/mol. The van der Waals surface area contributed by atoms with Crippen LogP contribution in [0.2, 0.25) is 0 Å². The third kappa shape index (κ3) is 2.54. The highest BCUT2D eigenvalue weighted by molar-refractivity contribution is 14.1. The van der Waals surface area contributed by atoms with Gasteiger partial charge in [-0.15, -0.1) is 0 Å². The van der Waals surface area contributed by atoms with Crippen molar-refractivity contribution < 1.29 is 9.90 Å². The number of halogens is 1. The first-order chi connectivity index (χ1) is 6.43. The summed E-state index contributed by atoms with van der Waals surface area (Å²) < 4.78 is -0.536. The molecule has 0 aromatic rings. The molecule has 1 heterocycles. The lowest BCUT2D eigenvalue weighted by Crippen LogP contribution is -2.39. The van der Waals surface area contributed by atoms with E-state index >= 15 is 0 Å². The molecule has 0 radical (unpaired) electrons. The van der Waals surface area contributed by atoms with Gasteiger partial charge in [-0.3, -0.25) is 4.90 Å². The normalized spacial score (nSPS) is 19.8. The average molecular weight is 328 g/mol. The molecule has 80 valence electrons. The minimum atomic E-state index is -0.536. The number of urea groups is 1. The zero-order chi connectivity index (χ0) is 10.9. The second-order valence-corrected chi connectivity index (χ2v) is 5.36. The number of carbonyl (C=O) groups excluding carboxylic acids is 1. The number of carbonyl (C=O) groups is 1. The number of amides is 2. The van der Waals surface area contributed by atoms with Crippen molar-refractivity contribution in [3.63, 3.8) is 0 Å². The lowest BCUT2D eigenvalue weighted by molar-refractivity contribution is 0.171. The van der Waals surface area contributed by atoms with Crippen LogP contribution in [-0.4, -0.2) is 49.2 Å². The molecule has 14 heavy (non-hydrogen) atoms. The highest BCUT2D eigenvalue weighted by Crippen LogP contribution is 2.16. The first-order valence-corrected chi connectivity index (χ1v) is 6.02. The highest BCUT2D eigenvalue weighted by Gasteiger charge is 2.35. The molecule has 6 heteroatoms. The van der Waals surface area contributed by atoms with Crippen molar-refractivity contribution in [1.82, 2.24) is 9.80 Å². The Morgan fingerprint density at radius 1 is 1.64 bits per heavy atom. The Balaban J connectivity index is 2.69. The first kappa shape index (κ1) is 12.1. The fraction of sp³-hybridized carbons (Fsp3) is 0.750. The van der Waals surface area contributed by atoms with Crippen molar-refractivity contribution in [3.8, 4) is 0 Å². The monoisotopic (exact) mass is 328 g/mol. The van der Waals surface area contributed by atoms with Crippen molar-refractivity contribution in [2.75, 3.05) is 13.1 Å². The van der Waals surface area contributed by atoms with Gasteiger partial charge in [-0.25, -0.2) is 4.79 Å². The number of nitrogens with zero attached hydrogens (tertiary/aromatic N) is 2. The molecule has 1 aliphatic rings. The number of hydrogen-bond acceptors (Lipinski definition) is 3. The predicted octanol–water partition coefficient (Wildman–Crippen LogP) is 1.21. The number of hydrogen-bond donors (Lipinski definition) is 1. The summed E-state index contributed by atoms with van der Waals surface area (Å²) in [5.74, 6) is 0. The molecule has 0 spiro atoms. The molecule has 1 aliphatic heterocycles. The average Bonchev–Trinajstić information content (AvgIpc) is 2.25. The summed E-state index contributed by atoms with van der Waals surface area (Å²) in [5, 5.41) is 9.17. The van der Waals surface area contributed by atoms with Crippen LogP contribution in [0.1, 0.15) is 13.8 Å². The van der Waals surface area contributed by atoms with Crippen LogP contribution in [0.15, 0.2) is 0 Å². The van der Waals surface area contributed by atoms with Crippen molar-refractivity contribution in [2.45, 2.75) is 24.0 Å². The molecule has 1 fully saturated rings. The van der Waals surface area contributed by atoms with Crippen molar-refractivity contribution in [3.05, 3.63) is 0 Å². The Hall–Kier alpha value is 0.0500. The molecule has 0 aromatic carbocycles. The van der Waals surface area contributed by atoms with Gasteiger partial charge < -0.3 is 10.0 Å². The van der Waals surface area contributed by atoms with E-state index in [1.165, 1.54) is 0 Å². The Kier molecular flexibility index (Phi) is 4.08. The van der Waals surface area contributed by atoms with E-state index in [0.717, 1.165) is 0 Å². The third-order valence-electron chi connectivity index (χ3n) is 1.96. The zero-order valence-electron chi connectivity index (χ0n) is 8.11. The lowest BCUT2D eigenvalue weighted by Gasteiger charge is -2.21. The van der Waals surface area contributed by atoms with Crippen LogP contribution in [-0.2, 0) is 0 Å². The van der Waals surface area contributed by atoms with E-state index in [9.17, 15) is 9.90 Å². The molecule has 1 rings (SSSR count). The number of aliphatic hydroxyl groups is 1. The number of alkyl halides is 1. The lowest BCUT2D eigenvalue weighted by atomic mass is 10.3. The van der Waals surface area contributed by atoms with Crippen LogP contribution in [0.4, 0.5) is 4.79 Å². The molecule has 0 bridgehead atoms. The molecule has 1 atom stereocenters.